The molecule has 8 heteroatoms. The fourth-order valence-electron chi connectivity index (χ4n) is 1.36. The quantitative estimate of drug-likeness (QED) is 0.468. The first kappa shape index (κ1) is 18.1. The maximum Gasteiger partial charge on any atom is 0.338 e. The van der Waals surface area contributed by atoms with Crippen molar-refractivity contribution in [1.29, 1.82) is 0 Å². The van der Waals surface area contributed by atoms with E-state index in [1.165, 1.54) is 12.1 Å². The van der Waals surface area contributed by atoms with Gasteiger partial charge in [0.15, 0.2) is 11.6 Å². The van der Waals surface area contributed by atoms with Gasteiger partial charge in [0, 0.05) is 0 Å². The second-order valence-corrected chi connectivity index (χ2v) is 6.55. The third-order valence-corrected chi connectivity index (χ3v) is 3.29. The predicted molar refractivity (Wildman–Crippen MR) is 78.0 cm³/mol. The van der Waals surface area contributed by atoms with Gasteiger partial charge in [0.25, 0.3) is 10.1 Å². The summed E-state index contributed by atoms with van der Waals surface area (Å²) in [6.07, 6.45) is 1.48. The molecule has 0 aliphatic rings. The lowest BCUT2D eigenvalue weighted by molar-refractivity contribution is 0.0526. The van der Waals surface area contributed by atoms with Gasteiger partial charge in [0.05, 0.1) is 5.56 Å². The maximum absolute atomic E-state index is 13.7. The molecule has 0 atom stereocenters. The predicted octanol–water partition coefficient (Wildman–Crippen LogP) is 2.21. The van der Waals surface area contributed by atoms with E-state index in [0.717, 1.165) is 12.1 Å². The van der Waals surface area contributed by atoms with Crippen LogP contribution in [0.15, 0.2) is 30.9 Å². The molecule has 0 bridgehead atoms. The van der Waals surface area contributed by atoms with E-state index in [-0.39, 0.29) is 11.3 Å². The number of ether oxygens (including phenoxy) is 2. The van der Waals surface area contributed by atoms with Crippen LogP contribution in [-0.4, -0.2) is 36.9 Å². The molecule has 1 N–H and O–H groups in total. The normalized spacial score (nSPS) is 11.8. The molecule has 0 aliphatic heterocycles. The maximum atomic E-state index is 13.7. The van der Waals surface area contributed by atoms with E-state index in [4.69, 9.17) is 9.29 Å². The van der Waals surface area contributed by atoms with Crippen LogP contribution in [0.4, 0.5) is 4.39 Å². The van der Waals surface area contributed by atoms with Gasteiger partial charge in [-0.1, -0.05) is 6.58 Å². The van der Waals surface area contributed by atoms with Gasteiger partial charge in [-0.25, -0.2) is 9.18 Å². The molecule has 1 aromatic rings. The number of hydrogen-bond acceptors (Lipinski definition) is 5. The van der Waals surface area contributed by atoms with Crippen molar-refractivity contribution >= 4 is 16.1 Å². The van der Waals surface area contributed by atoms with Crippen LogP contribution >= 0.6 is 0 Å². The lowest BCUT2D eigenvalue weighted by atomic mass is 10.1. The Morgan fingerprint density at radius 1 is 1.45 bits per heavy atom. The summed E-state index contributed by atoms with van der Waals surface area (Å²) < 4.78 is 53.3. The van der Waals surface area contributed by atoms with Crippen LogP contribution in [0.2, 0.25) is 0 Å². The van der Waals surface area contributed by atoms with E-state index in [1.807, 2.05) is 0 Å². The van der Waals surface area contributed by atoms with Crippen LogP contribution in [0, 0.1) is 5.82 Å². The highest BCUT2D eigenvalue weighted by Crippen LogP contribution is 2.24. The molecule has 0 saturated carbocycles. The summed E-state index contributed by atoms with van der Waals surface area (Å²) in [6, 6.07) is 3.36. The van der Waals surface area contributed by atoms with Crippen molar-refractivity contribution in [3.8, 4) is 5.75 Å². The monoisotopic (exact) mass is 332 g/mol. The van der Waals surface area contributed by atoms with Gasteiger partial charge < -0.3 is 9.47 Å². The lowest BCUT2D eigenvalue weighted by Gasteiger charge is -2.22. The van der Waals surface area contributed by atoms with Crippen LogP contribution in [0.3, 0.4) is 0 Å². The largest absolute Gasteiger partial charge is 0.481 e. The van der Waals surface area contributed by atoms with Crippen molar-refractivity contribution in [2.75, 3.05) is 12.4 Å². The Kier molecular flexibility index (Phi) is 5.67. The molecular formula is C14H17FO6S. The zero-order valence-corrected chi connectivity index (χ0v) is 13.0. The molecule has 6 nitrogen and oxygen atoms in total. The van der Waals surface area contributed by atoms with Crippen LogP contribution in [-0.2, 0) is 14.9 Å². The smallest absolute Gasteiger partial charge is 0.338 e. The summed E-state index contributed by atoms with van der Waals surface area (Å²) in [5.74, 6) is -2.39. The third kappa shape index (κ3) is 5.82. The number of carbonyl (C=O) groups excluding carboxylic acids is 1. The van der Waals surface area contributed by atoms with Gasteiger partial charge in [-0.2, -0.15) is 8.42 Å². The summed E-state index contributed by atoms with van der Waals surface area (Å²) in [5.41, 5.74) is -0.847. The zero-order valence-electron chi connectivity index (χ0n) is 12.2. The van der Waals surface area contributed by atoms with E-state index >= 15 is 0 Å². The molecule has 22 heavy (non-hydrogen) atoms. The highest BCUT2D eigenvalue weighted by molar-refractivity contribution is 7.85. The van der Waals surface area contributed by atoms with Gasteiger partial charge >= 0.3 is 5.97 Å². The van der Waals surface area contributed by atoms with Crippen molar-refractivity contribution in [2.24, 2.45) is 0 Å². The number of halogens is 1. The van der Waals surface area contributed by atoms with Crippen molar-refractivity contribution in [1.82, 2.24) is 0 Å². The van der Waals surface area contributed by atoms with E-state index in [2.05, 4.69) is 11.3 Å². The second kappa shape index (κ2) is 6.89. The molecule has 0 aromatic heterocycles. The molecule has 0 aliphatic carbocycles. The summed E-state index contributed by atoms with van der Waals surface area (Å²) in [5, 5.41) is 0. The summed E-state index contributed by atoms with van der Waals surface area (Å²) >= 11 is 0. The first-order chi connectivity index (χ1) is 10.0. The Bertz CT molecular complexity index is 666. The Hall–Kier alpha value is -1.93. The topological polar surface area (TPSA) is 89.9 Å². The second-order valence-electron chi connectivity index (χ2n) is 4.98. The molecule has 0 heterocycles. The molecule has 0 radical (unpaired) electrons. The zero-order chi connectivity index (χ0) is 17.0. The summed E-state index contributed by atoms with van der Waals surface area (Å²) in [4.78, 5) is 11.7. The molecule has 0 fully saturated rings. The van der Waals surface area contributed by atoms with Crippen LogP contribution < -0.4 is 4.74 Å². The molecule has 0 spiro atoms. The van der Waals surface area contributed by atoms with Crippen LogP contribution in [0.1, 0.15) is 24.2 Å². The highest BCUT2D eigenvalue weighted by atomic mass is 32.2. The molecule has 122 valence electrons. The summed E-state index contributed by atoms with van der Waals surface area (Å²) in [6.45, 7) is 6.38. The molecule has 1 rings (SSSR count). The Balaban J connectivity index is 2.84. The SMILES string of the molecule is C=CC(C)(C)Oc1cc(C(=O)OCCS(=O)(=O)O)ccc1F. The van der Waals surface area contributed by atoms with Crippen LogP contribution in [0.25, 0.3) is 0 Å². The fraction of sp³-hybridized carbons (Fsp3) is 0.357. The van der Waals surface area contributed by atoms with Gasteiger partial charge in [0.2, 0.25) is 0 Å². The fourth-order valence-corrected chi connectivity index (χ4v) is 1.65. The Morgan fingerprint density at radius 2 is 2.09 bits per heavy atom. The third-order valence-electron chi connectivity index (χ3n) is 2.61. The molecule has 0 amide bonds. The number of hydrogen-bond donors (Lipinski definition) is 1. The van der Waals surface area contributed by atoms with Crippen molar-refractivity contribution in [2.45, 2.75) is 19.4 Å². The van der Waals surface area contributed by atoms with E-state index in [0.29, 0.717) is 0 Å². The van der Waals surface area contributed by atoms with E-state index in [9.17, 15) is 17.6 Å². The standard InChI is InChI=1S/C14H17FO6S/c1-4-14(2,3)21-12-9-10(5-6-11(12)15)13(16)20-7-8-22(17,18)19/h4-6,9H,1,7-8H2,2-3H3,(H,17,18,19). The Morgan fingerprint density at radius 3 is 2.64 bits per heavy atom. The number of carbonyl (C=O) groups is 1. The minimum atomic E-state index is -4.22. The number of esters is 1. The van der Waals surface area contributed by atoms with Gasteiger partial charge in [0.1, 0.15) is 18.0 Å². The minimum absolute atomic E-state index is 0.00778. The summed E-state index contributed by atoms with van der Waals surface area (Å²) in [7, 11) is -4.22. The van der Waals surface area contributed by atoms with E-state index < -0.39 is 39.9 Å². The molecule has 0 unspecified atom stereocenters. The number of rotatable bonds is 7. The number of benzene rings is 1. The van der Waals surface area contributed by atoms with Gasteiger partial charge in [-0.15, -0.1) is 0 Å². The average molecular weight is 332 g/mol. The first-order valence-corrected chi connectivity index (χ1v) is 7.89. The van der Waals surface area contributed by atoms with Crippen LogP contribution in [0.5, 0.6) is 5.75 Å². The van der Waals surface area contributed by atoms with Gasteiger partial charge in [-0.05, 0) is 38.1 Å². The average Bonchev–Trinajstić information content (AvgIpc) is 2.39. The van der Waals surface area contributed by atoms with Crippen molar-refractivity contribution in [3.63, 3.8) is 0 Å². The van der Waals surface area contributed by atoms with Gasteiger partial charge in [-0.3, -0.25) is 4.55 Å². The molecular weight excluding hydrogens is 315 g/mol. The van der Waals surface area contributed by atoms with Crippen molar-refractivity contribution < 1.29 is 31.6 Å². The first-order valence-electron chi connectivity index (χ1n) is 6.28. The lowest BCUT2D eigenvalue weighted by Crippen LogP contribution is -2.25. The molecule has 1 aromatic carbocycles. The minimum Gasteiger partial charge on any atom is -0.481 e. The van der Waals surface area contributed by atoms with Crippen molar-refractivity contribution in [3.05, 3.63) is 42.2 Å². The van der Waals surface area contributed by atoms with E-state index in [1.54, 1.807) is 13.8 Å². The highest BCUT2D eigenvalue weighted by Gasteiger charge is 2.19. The molecule has 0 saturated heterocycles. The Labute approximate surface area is 128 Å².